The monoisotopic (exact) mass is 598 g/mol. The van der Waals surface area contributed by atoms with Crippen molar-refractivity contribution in [2.75, 3.05) is 5.32 Å². The third-order valence-electron chi connectivity index (χ3n) is 4.61. The van der Waals surface area contributed by atoms with E-state index in [4.69, 9.17) is 0 Å². The molecule has 218 valence electrons. The molecule has 1 aromatic carbocycles. The summed E-state index contributed by atoms with van der Waals surface area (Å²) in [5.41, 5.74) is -2.98. The van der Waals surface area contributed by atoms with Gasteiger partial charge in [0.05, 0.1) is 4.92 Å². The first-order valence-electron chi connectivity index (χ1n) is 8.74. The molecule has 38 heavy (non-hydrogen) atoms. The number of aryl methyl sites for hydroxylation is 1. The van der Waals surface area contributed by atoms with Crippen LogP contribution >= 0.6 is 0 Å². The highest BCUT2D eigenvalue weighted by Gasteiger charge is 2.95. The van der Waals surface area contributed by atoms with Crippen molar-refractivity contribution in [2.24, 2.45) is 0 Å². The van der Waals surface area contributed by atoms with Gasteiger partial charge in [-0.15, -0.1) is 0 Å². The van der Waals surface area contributed by atoms with Crippen molar-refractivity contribution >= 4 is 17.3 Å². The summed E-state index contributed by atoms with van der Waals surface area (Å²) >= 11 is 0. The summed E-state index contributed by atoms with van der Waals surface area (Å²) in [7, 11) is 0. The molecule has 0 aliphatic carbocycles. The van der Waals surface area contributed by atoms with Gasteiger partial charge >= 0.3 is 53.5 Å². The molecule has 0 bridgehead atoms. The zero-order valence-corrected chi connectivity index (χ0v) is 17.3. The molecule has 0 saturated heterocycles. The number of halogens is 17. The average Bonchev–Trinajstić information content (AvgIpc) is 2.72. The van der Waals surface area contributed by atoms with Gasteiger partial charge in [-0.25, -0.2) is 0 Å². The fourth-order valence-electron chi connectivity index (χ4n) is 2.41. The highest BCUT2D eigenvalue weighted by molar-refractivity contribution is 5.98. The third kappa shape index (κ3) is 4.43. The van der Waals surface area contributed by atoms with Crippen LogP contribution in [0.2, 0.25) is 0 Å². The number of rotatable bonds is 9. The first-order valence-corrected chi connectivity index (χ1v) is 8.74. The van der Waals surface area contributed by atoms with Gasteiger partial charge in [0, 0.05) is 6.07 Å². The lowest BCUT2D eigenvalue weighted by molar-refractivity contribution is -0.459. The van der Waals surface area contributed by atoms with E-state index in [2.05, 4.69) is 0 Å². The summed E-state index contributed by atoms with van der Waals surface area (Å²) in [6, 6.07) is 1.50. The van der Waals surface area contributed by atoms with Crippen molar-refractivity contribution in [1.29, 1.82) is 0 Å². The minimum absolute atomic E-state index is 0.0724. The Bertz CT molecular complexity index is 1100. The minimum Gasteiger partial charge on any atom is -0.315 e. The van der Waals surface area contributed by atoms with Crippen LogP contribution in [-0.4, -0.2) is 58.5 Å². The summed E-state index contributed by atoms with van der Waals surface area (Å²) in [6.45, 7) is 1.10. The van der Waals surface area contributed by atoms with Crippen LogP contribution in [0.3, 0.4) is 0 Å². The summed E-state index contributed by atoms with van der Waals surface area (Å²) in [5.74, 6) is -62.9. The number of nitrogens with one attached hydrogen (secondary N) is 1. The number of benzene rings is 1. The average molecular weight is 598 g/mol. The van der Waals surface area contributed by atoms with Crippen molar-refractivity contribution in [2.45, 2.75) is 54.6 Å². The van der Waals surface area contributed by atoms with Gasteiger partial charge in [-0.3, -0.25) is 14.9 Å². The Morgan fingerprint density at radius 3 is 1.42 bits per heavy atom. The molecule has 1 N–H and O–H groups in total. The third-order valence-corrected chi connectivity index (χ3v) is 4.61. The molecule has 0 radical (unpaired) electrons. The van der Waals surface area contributed by atoms with Crippen LogP contribution in [0.1, 0.15) is 5.56 Å². The van der Waals surface area contributed by atoms with E-state index in [1.807, 2.05) is 0 Å². The van der Waals surface area contributed by atoms with Crippen molar-refractivity contribution in [3.05, 3.63) is 33.9 Å². The molecular weight excluding hydrogens is 591 g/mol. The van der Waals surface area contributed by atoms with Gasteiger partial charge in [-0.05, 0) is 18.6 Å². The van der Waals surface area contributed by atoms with E-state index in [0.717, 1.165) is 13.0 Å². The second kappa shape index (κ2) is 8.99. The second-order valence-corrected chi connectivity index (χ2v) is 7.25. The number of amides is 1. The van der Waals surface area contributed by atoms with E-state index in [1.54, 1.807) is 0 Å². The number of nitro benzene ring substituents is 1. The summed E-state index contributed by atoms with van der Waals surface area (Å²) in [6.07, 6.45) is -7.89. The van der Waals surface area contributed by atoms with Crippen molar-refractivity contribution in [3.63, 3.8) is 0 Å². The maximum atomic E-state index is 13.9. The van der Waals surface area contributed by atoms with Gasteiger partial charge in [-0.1, -0.05) is 6.07 Å². The van der Waals surface area contributed by atoms with Crippen LogP contribution in [0.5, 0.6) is 0 Å². The van der Waals surface area contributed by atoms with Crippen LogP contribution in [0.15, 0.2) is 18.2 Å². The normalized spacial score (nSPS) is 14.9. The predicted octanol–water partition coefficient (Wildman–Crippen LogP) is 6.85. The molecule has 0 fully saturated rings. The van der Waals surface area contributed by atoms with E-state index < -0.39 is 69.8 Å². The van der Waals surface area contributed by atoms with E-state index >= 15 is 0 Å². The summed E-state index contributed by atoms with van der Waals surface area (Å²) in [5, 5.41) is 11.4. The number of hydrogen-bond acceptors (Lipinski definition) is 3. The molecule has 1 rings (SSSR count). The smallest absolute Gasteiger partial charge is 0.315 e. The molecule has 1 amide bonds. The molecule has 0 spiro atoms. The van der Waals surface area contributed by atoms with Gasteiger partial charge in [0.1, 0.15) is 5.69 Å². The zero-order chi connectivity index (χ0) is 30.7. The quantitative estimate of drug-likeness (QED) is 0.192. The number of carbonyl (C=O) groups excluding carboxylic acids is 1. The Labute approximate surface area is 196 Å². The Hall–Kier alpha value is -3.10. The zero-order valence-electron chi connectivity index (χ0n) is 17.3. The standard InChI is InChI=1S/C16H7F17N2O3/c1-5-2-3-6(7(4-5)35(37)38)34-8(36)9(17,18)10(19,20)11(21,22)12(23,24)13(25,26)14(27,28)15(29,30)16(31,32)33/h2-4H,1H3,(H,34,36). The van der Waals surface area contributed by atoms with E-state index in [1.165, 1.54) is 0 Å². The number of hydrogen-bond donors (Lipinski definition) is 1. The molecule has 0 aromatic heterocycles. The first kappa shape index (κ1) is 32.9. The van der Waals surface area contributed by atoms with Crippen LogP contribution in [0.4, 0.5) is 86.0 Å². The number of alkyl halides is 17. The number of carbonyl (C=O) groups is 1. The predicted molar refractivity (Wildman–Crippen MR) is 87.1 cm³/mol. The molecule has 0 saturated carbocycles. The lowest BCUT2D eigenvalue weighted by atomic mass is 9.88. The van der Waals surface area contributed by atoms with Crippen LogP contribution in [-0.2, 0) is 4.79 Å². The van der Waals surface area contributed by atoms with E-state index in [-0.39, 0.29) is 5.56 Å². The Morgan fingerprint density at radius 2 is 1.05 bits per heavy atom. The molecule has 0 unspecified atom stereocenters. The SMILES string of the molecule is Cc1ccc(NC(=O)C(F)(F)C(F)(F)C(F)(F)C(F)(F)C(F)(F)C(F)(F)C(F)(F)C(F)(F)F)c([N+](=O)[O-])c1. The lowest BCUT2D eigenvalue weighted by Crippen LogP contribution is -2.75. The second-order valence-electron chi connectivity index (χ2n) is 7.25. The topological polar surface area (TPSA) is 72.2 Å². The Morgan fingerprint density at radius 1 is 0.684 bits per heavy atom. The lowest BCUT2D eigenvalue weighted by Gasteiger charge is -2.42. The number of nitrogens with zero attached hydrogens (tertiary/aromatic N) is 1. The summed E-state index contributed by atoms with van der Waals surface area (Å²) < 4.78 is 225. The molecular formula is C16H7F17N2O3. The molecule has 0 aliphatic rings. The fourth-order valence-corrected chi connectivity index (χ4v) is 2.41. The first-order chi connectivity index (χ1) is 16.5. The van der Waals surface area contributed by atoms with Crippen LogP contribution in [0.25, 0.3) is 0 Å². The Kier molecular flexibility index (Phi) is 7.79. The molecule has 0 heterocycles. The van der Waals surface area contributed by atoms with Gasteiger partial charge < -0.3 is 5.32 Å². The maximum absolute atomic E-state index is 13.9. The highest BCUT2D eigenvalue weighted by atomic mass is 19.4. The van der Waals surface area contributed by atoms with Gasteiger partial charge in [0.2, 0.25) is 0 Å². The number of nitro groups is 1. The summed E-state index contributed by atoms with van der Waals surface area (Å²) in [4.78, 5) is 20.9. The van der Waals surface area contributed by atoms with Gasteiger partial charge in [0.15, 0.2) is 0 Å². The van der Waals surface area contributed by atoms with Gasteiger partial charge in [0.25, 0.3) is 5.69 Å². The van der Waals surface area contributed by atoms with E-state index in [9.17, 15) is 89.5 Å². The highest BCUT2D eigenvalue weighted by Crippen LogP contribution is 2.64. The van der Waals surface area contributed by atoms with Crippen LogP contribution in [0, 0.1) is 17.0 Å². The van der Waals surface area contributed by atoms with Crippen LogP contribution < -0.4 is 5.32 Å². The molecule has 22 heteroatoms. The minimum atomic E-state index is -8.85. The molecule has 0 atom stereocenters. The molecule has 5 nitrogen and oxygen atoms in total. The maximum Gasteiger partial charge on any atom is 0.460 e. The molecule has 0 aliphatic heterocycles. The van der Waals surface area contributed by atoms with Crippen molar-refractivity contribution in [1.82, 2.24) is 0 Å². The fraction of sp³-hybridized carbons (Fsp3) is 0.562. The largest absolute Gasteiger partial charge is 0.460 e. The molecule has 1 aromatic rings. The van der Waals surface area contributed by atoms with Crippen molar-refractivity contribution in [3.8, 4) is 0 Å². The number of anilines is 1. The van der Waals surface area contributed by atoms with Crippen molar-refractivity contribution < 1.29 is 84.4 Å². The van der Waals surface area contributed by atoms with Gasteiger partial charge in [-0.2, -0.15) is 74.6 Å². The van der Waals surface area contributed by atoms with E-state index in [0.29, 0.717) is 17.4 Å². The Balaban J connectivity index is 3.64.